The predicted octanol–water partition coefficient (Wildman–Crippen LogP) is 2.22. The van der Waals surface area contributed by atoms with Gasteiger partial charge in [-0.3, -0.25) is 9.88 Å². The first-order valence-corrected chi connectivity index (χ1v) is 12.1. The van der Waals surface area contributed by atoms with E-state index < -0.39 is 27.1 Å². The van der Waals surface area contributed by atoms with Crippen LogP contribution in [0.15, 0.2) is 56.1 Å². The number of fused-ring (bicyclic) bond motifs is 1. The SMILES string of the molecule is Cn1c(=O)oc2ccc(-c3ccc(CC(C#N)/C=N/S(=O)(=O)[C@H]4CCOCCN4)cc3)cc21. The summed E-state index contributed by atoms with van der Waals surface area (Å²) < 4.78 is 40.6. The third-order valence-corrected chi connectivity index (χ3v) is 7.13. The number of hydrogen-bond donors (Lipinski definition) is 1. The lowest BCUT2D eigenvalue weighted by Gasteiger charge is -2.12. The zero-order chi connectivity index (χ0) is 23.4. The molecule has 2 heterocycles. The van der Waals surface area contributed by atoms with E-state index in [4.69, 9.17) is 9.15 Å². The van der Waals surface area contributed by atoms with Crippen molar-refractivity contribution in [2.24, 2.45) is 17.4 Å². The monoisotopic (exact) mass is 468 g/mol. The fraction of sp³-hybridized carbons (Fsp3) is 0.348. The number of ether oxygens (including phenoxy) is 1. The second-order valence-corrected chi connectivity index (χ2v) is 9.67. The van der Waals surface area contributed by atoms with Crippen LogP contribution in [0.3, 0.4) is 0 Å². The molecule has 2 atom stereocenters. The molecule has 0 spiro atoms. The number of benzene rings is 2. The number of nitrogens with one attached hydrogen (secondary N) is 1. The smallest absolute Gasteiger partial charge is 0.408 e. The summed E-state index contributed by atoms with van der Waals surface area (Å²) in [7, 11) is -2.11. The molecule has 1 saturated heterocycles. The first kappa shape index (κ1) is 22.9. The Morgan fingerprint density at radius 3 is 2.76 bits per heavy atom. The average Bonchev–Trinajstić information content (AvgIpc) is 3.00. The number of nitrogens with zero attached hydrogens (tertiary/aromatic N) is 3. The van der Waals surface area contributed by atoms with Gasteiger partial charge in [0.15, 0.2) is 5.58 Å². The maximum atomic E-state index is 12.5. The van der Waals surface area contributed by atoms with Crippen LogP contribution >= 0.6 is 0 Å². The van der Waals surface area contributed by atoms with Crippen molar-refractivity contribution < 1.29 is 17.6 Å². The average molecular weight is 469 g/mol. The molecule has 1 aliphatic heterocycles. The summed E-state index contributed by atoms with van der Waals surface area (Å²) in [5, 5.41) is 11.6. The molecule has 1 N–H and O–H groups in total. The summed E-state index contributed by atoms with van der Waals surface area (Å²) in [5.74, 6) is -1.09. The van der Waals surface area contributed by atoms with Crippen LogP contribution in [0.1, 0.15) is 12.0 Å². The van der Waals surface area contributed by atoms with E-state index in [0.29, 0.717) is 43.7 Å². The Hall–Kier alpha value is -3.26. The molecule has 0 bridgehead atoms. The first-order chi connectivity index (χ1) is 15.9. The van der Waals surface area contributed by atoms with Gasteiger partial charge in [0.1, 0.15) is 5.37 Å². The van der Waals surface area contributed by atoms with E-state index in [1.165, 1.54) is 10.8 Å². The first-order valence-electron chi connectivity index (χ1n) is 10.6. The van der Waals surface area contributed by atoms with E-state index in [0.717, 1.165) is 16.7 Å². The lowest BCUT2D eigenvalue weighted by molar-refractivity contribution is 0.151. The van der Waals surface area contributed by atoms with Crippen molar-refractivity contribution in [3.63, 3.8) is 0 Å². The Morgan fingerprint density at radius 1 is 1.24 bits per heavy atom. The summed E-state index contributed by atoms with van der Waals surface area (Å²) in [6, 6.07) is 15.3. The van der Waals surface area contributed by atoms with Gasteiger partial charge in [0, 0.05) is 32.8 Å². The highest BCUT2D eigenvalue weighted by molar-refractivity contribution is 7.90. The second-order valence-electron chi connectivity index (χ2n) is 7.86. The van der Waals surface area contributed by atoms with Crippen LogP contribution in [0, 0.1) is 17.2 Å². The largest absolute Gasteiger partial charge is 0.419 e. The molecule has 2 aromatic carbocycles. The van der Waals surface area contributed by atoms with Crippen LogP contribution in [-0.4, -0.2) is 44.3 Å². The van der Waals surface area contributed by atoms with Gasteiger partial charge >= 0.3 is 5.76 Å². The Balaban J connectivity index is 1.46. The number of hydrogen-bond acceptors (Lipinski definition) is 7. The highest BCUT2D eigenvalue weighted by atomic mass is 32.2. The van der Waals surface area contributed by atoms with Gasteiger partial charge in [0.25, 0.3) is 10.0 Å². The minimum absolute atomic E-state index is 0.317. The minimum Gasteiger partial charge on any atom is -0.408 e. The van der Waals surface area contributed by atoms with Crippen LogP contribution < -0.4 is 11.1 Å². The highest BCUT2D eigenvalue weighted by Crippen LogP contribution is 2.24. The lowest BCUT2D eigenvalue weighted by Crippen LogP contribution is -2.36. The fourth-order valence-electron chi connectivity index (χ4n) is 3.70. The fourth-order valence-corrected chi connectivity index (χ4v) is 4.88. The van der Waals surface area contributed by atoms with Crippen molar-refractivity contribution in [3.8, 4) is 17.2 Å². The van der Waals surface area contributed by atoms with Gasteiger partial charge in [-0.05, 0) is 35.2 Å². The van der Waals surface area contributed by atoms with Crippen molar-refractivity contribution in [2.45, 2.75) is 18.2 Å². The number of oxazole rings is 1. The van der Waals surface area contributed by atoms with Gasteiger partial charge in [-0.25, -0.2) is 13.2 Å². The third kappa shape index (κ3) is 5.22. The maximum Gasteiger partial charge on any atom is 0.419 e. The molecule has 33 heavy (non-hydrogen) atoms. The number of nitriles is 1. The third-order valence-electron chi connectivity index (χ3n) is 5.59. The van der Waals surface area contributed by atoms with E-state index in [1.807, 2.05) is 36.4 Å². The maximum absolute atomic E-state index is 12.5. The molecule has 0 radical (unpaired) electrons. The summed E-state index contributed by atoms with van der Waals surface area (Å²) in [4.78, 5) is 11.7. The second kappa shape index (κ2) is 9.70. The van der Waals surface area contributed by atoms with Gasteiger partial charge in [0.05, 0.1) is 24.1 Å². The minimum atomic E-state index is -3.77. The van der Waals surface area contributed by atoms with Crippen LogP contribution in [0.25, 0.3) is 22.2 Å². The van der Waals surface area contributed by atoms with Crippen LogP contribution in [0.5, 0.6) is 0 Å². The standard InChI is InChI=1S/C23H24N4O5S/c1-27-20-13-19(6-7-21(20)32-23(27)28)18-4-2-16(3-5-18)12-17(14-24)15-26-33(29,30)22-8-10-31-11-9-25-22/h2-7,13,15,17,22,25H,8-12H2,1H3/b26-15+/t17?,22-/m0/s1. The van der Waals surface area contributed by atoms with E-state index in [-0.39, 0.29) is 0 Å². The van der Waals surface area contributed by atoms with Crippen molar-refractivity contribution in [3.05, 3.63) is 58.6 Å². The molecular formula is C23H24N4O5S. The Kier molecular flexibility index (Phi) is 6.74. The Bertz CT molecular complexity index is 1360. The van der Waals surface area contributed by atoms with E-state index in [2.05, 4.69) is 15.8 Å². The highest BCUT2D eigenvalue weighted by Gasteiger charge is 2.25. The molecule has 0 amide bonds. The molecule has 4 rings (SSSR count). The lowest BCUT2D eigenvalue weighted by atomic mass is 9.98. The molecule has 1 unspecified atom stereocenters. The van der Waals surface area contributed by atoms with Crippen molar-refractivity contribution in [1.82, 2.24) is 9.88 Å². The van der Waals surface area contributed by atoms with Gasteiger partial charge in [-0.2, -0.15) is 9.66 Å². The zero-order valence-electron chi connectivity index (χ0n) is 18.1. The van der Waals surface area contributed by atoms with Crippen molar-refractivity contribution in [2.75, 3.05) is 19.8 Å². The molecule has 9 nitrogen and oxygen atoms in total. The molecule has 0 saturated carbocycles. The molecule has 1 aliphatic rings. The van der Waals surface area contributed by atoms with Gasteiger partial charge in [0.2, 0.25) is 0 Å². The number of aromatic nitrogens is 1. The van der Waals surface area contributed by atoms with Crippen molar-refractivity contribution in [1.29, 1.82) is 5.26 Å². The van der Waals surface area contributed by atoms with E-state index in [1.54, 1.807) is 13.1 Å². The van der Waals surface area contributed by atoms with Crippen LogP contribution in [0.2, 0.25) is 0 Å². The topological polar surface area (TPSA) is 127 Å². The van der Waals surface area contributed by atoms with Crippen LogP contribution in [-0.2, 0) is 28.2 Å². The van der Waals surface area contributed by atoms with E-state index in [9.17, 15) is 18.5 Å². The molecule has 3 aromatic rings. The number of rotatable bonds is 6. The summed E-state index contributed by atoms with van der Waals surface area (Å²) in [6.07, 6.45) is 1.87. The van der Waals surface area contributed by atoms with Gasteiger partial charge in [-0.1, -0.05) is 30.3 Å². The Morgan fingerprint density at radius 2 is 2.00 bits per heavy atom. The molecule has 0 aliphatic carbocycles. The van der Waals surface area contributed by atoms with E-state index >= 15 is 0 Å². The molecular weight excluding hydrogens is 444 g/mol. The summed E-state index contributed by atoms with van der Waals surface area (Å²) in [6.45, 7) is 1.25. The number of sulfonamides is 1. The van der Waals surface area contributed by atoms with Gasteiger partial charge in [-0.15, -0.1) is 0 Å². The molecule has 172 valence electrons. The summed E-state index contributed by atoms with van der Waals surface area (Å²) in [5.41, 5.74) is 3.99. The summed E-state index contributed by atoms with van der Waals surface area (Å²) >= 11 is 0. The normalized spacial score (nSPS) is 18.2. The quantitative estimate of drug-likeness (QED) is 0.550. The molecule has 1 fully saturated rings. The number of aryl methyl sites for hydroxylation is 1. The van der Waals surface area contributed by atoms with Crippen molar-refractivity contribution >= 4 is 27.3 Å². The van der Waals surface area contributed by atoms with Gasteiger partial charge < -0.3 is 9.15 Å². The molecule has 1 aromatic heterocycles. The Labute approximate surface area is 191 Å². The molecule has 10 heteroatoms. The van der Waals surface area contributed by atoms with Crippen LogP contribution in [0.4, 0.5) is 0 Å². The zero-order valence-corrected chi connectivity index (χ0v) is 18.9. The predicted molar refractivity (Wildman–Crippen MR) is 124 cm³/mol.